The van der Waals surface area contributed by atoms with E-state index in [4.69, 9.17) is 10.4 Å². The first-order chi connectivity index (χ1) is 2.41. The highest BCUT2D eigenvalue weighted by atomic mass is 17.1. The summed E-state index contributed by atoms with van der Waals surface area (Å²) in [4.78, 5) is 3.44. The number of rotatable bonds is 2. The molecule has 4 heteroatoms. The Bertz CT molecular complexity index is 13.0. The van der Waals surface area contributed by atoms with Gasteiger partial charge in [0, 0.05) is 0 Å². The Morgan fingerprint density at radius 2 is 2.00 bits per heavy atom. The van der Waals surface area contributed by atoms with E-state index in [9.17, 15) is 0 Å². The Kier molecular flexibility index (Phi) is 13.7. The van der Waals surface area contributed by atoms with Crippen LogP contribution in [0, 0.1) is 0 Å². The summed E-state index contributed by atoms with van der Waals surface area (Å²) in [6.45, 7) is -0.128. The molecule has 0 atom stereocenters. The van der Waals surface area contributed by atoms with Crippen LogP contribution in [0.4, 0.5) is 0 Å². The van der Waals surface area contributed by atoms with Gasteiger partial charge in [-0.3, -0.25) is 5.26 Å². The monoisotopic (exact) mass is 96.0 g/mol. The number of hydrogen-bond acceptors (Lipinski definition) is 3. The normalized spacial score (nSPS) is 7.00. The zero-order valence-electron chi connectivity index (χ0n) is 3.22. The van der Waals surface area contributed by atoms with Crippen molar-refractivity contribution in [1.29, 1.82) is 0 Å². The van der Waals surface area contributed by atoms with Crippen LogP contribution in [0.15, 0.2) is 0 Å². The standard InChI is InChI=1S/C2H6O3.H2O/c3-1-2-5-4;/h3-4H,1-2H2;1H2. The molecule has 0 aliphatic rings. The van der Waals surface area contributed by atoms with Crippen molar-refractivity contribution in [3.05, 3.63) is 0 Å². The highest BCUT2D eigenvalue weighted by Crippen LogP contribution is 1.55. The molecule has 0 saturated heterocycles. The molecule has 0 aromatic rings. The number of aliphatic hydroxyl groups excluding tert-OH is 1. The lowest BCUT2D eigenvalue weighted by atomic mass is 10.8. The lowest BCUT2D eigenvalue weighted by Crippen LogP contribution is -1.92. The molecule has 0 aromatic carbocycles. The Labute approximate surface area is 35.2 Å². The quantitative estimate of drug-likeness (QED) is 0.329. The third-order valence-electron chi connectivity index (χ3n) is 0.183. The van der Waals surface area contributed by atoms with Gasteiger partial charge in [-0.05, 0) is 0 Å². The lowest BCUT2D eigenvalue weighted by Gasteiger charge is -1.81. The summed E-state index contributed by atoms with van der Waals surface area (Å²) in [5.41, 5.74) is 0. The van der Waals surface area contributed by atoms with E-state index in [0.717, 1.165) is 0 Å². The zero-order valence-corrected chi connectivity index (χ0v) is 3.22. The van der Waals surface area contributed by atoms with E-state index in [1.165, 1.54) is 0 Å². The maximum absolute atomic E-state index is 7.78. The molecule has 6 heavy (non-hydrogen) atoms. The van der Waals surface area contributed by atoms with Crippen molar-refractivity contribution in [3.8, 4) is 0 Å². The minimum Gasteiger partial charge on any atom is -0.412 e. The van der Waals surface area contributed by atoms with Crippen LogP contribution in [0.2, 0.25) is 0 Å². The van der Waals surface area contributed by atoms with Crippen molar-refractivity contribution < 1.29 is 20.7 Å². The maximum atomic E-state index is 7.78. The topological polar surface area (TPSA) is 81.2 Å². The molecule has 0 heterocycles. The molecular formula is C2H8O4. The van der Waals surface area contributed by atoms with Gasteiger partial charge in [-0.25, -0.2) is 4.89 Å². The molecule has 4 nitrogen and oxygen atoms in total. The van der Waals surface area contributed by atoms with Crippen molar-refractivity contribution in [3.63, 3.8) is 0 Å². The molecule has 0 spiro atoms. The average molecular weight is 96.1 g/mol. The minimum atomic E-state index is -0.128. The van der Waals surface area contributed by atoms with E-state index in [-0.39, 0.29) is 18.7 Å². The molecule has 0 amide bonds. The second-order valence-corrected chi connectivity index (χ2v) is 0.557. The molecule has 0 radical (unpaired) electrons. The fraction of sp³-hybridized carbons (Fsp3) is 1.00. The molecular weight excluding hydrogens is 88.0 g/mol. The summed E-state index contributed by atoms with van der Waals surface area (Å²) in [6.07, 6.45) is 0. The van der Waals surface area contributed by atoms with Crippen molar-refractivity contribution in [2.24, 2.45) is 0 Å². The first kappa shape index (κ1) is 9.28. The highest BCUT2D eigenvalue weighted by molar-refractivity contribution is 4.09. The van der Waals surface area contributed by atoms with Crippen LogP contribution in [0.1, 0.15) is 0 Å². The van der Waals surface area contributed by atoms with Gasteiger partial charge in [0.2, 0.25) is 0 Å². The lowest BCUT2D eigenvalue weighted by molar-refractivity contribution is -0.246. The Balaban J connectivity index is 0. The van der Waals surface area contributed by atoms with Crippen LogP contribution in [-0.4, -0.2) is 29.1 Å². The molecule has 0 bridgehead atoms. The van der Waals surface area contributed by atoms with Gasteiger partial charge in [-0.15, -0.1) is 0 Å². The van der Waals surface area contributed by atoms with Gasteiger partial charge < -0.3 is 10.6 Å². The Morgan fingerprint density at radius 1 is 1.50 bits per heavy atom. The van der Waals surface area contributed by atoms with Gasteiger partial charge in [-0.1, -0.05) is 0 Å². The summed E-state index contributed by atoms with van der Waals surface area (Å²) in [7, 11) is 0. The average Bonchev–Trinajstić information content (AvgIpc) is 1.41. The summed E-state index contributed by atoms with van der Waals surface area (Å²) in [5, 5.41) is 15.2. The molecule has 4 N–H and O–H groups in total. The first-order valence-electron chi connectivity index (χ1n) is 1.29. The van der Waals surface area contributed by atoms with E-state index < -0.39 is 0 Å². The summed E-state index contributed by atoms with van der Waals surface area (Å²) >= 11 is 0. The smallest absolute Gasteiger partial charge is 0.105 e. The fourth-order valence-electron chi connectivity index (χ4n) is 0.0408. The van der Waals surface area contributed by atoms with Gasteiger partial charge in [-0.2, -0.15) is 0 Å². The molecule has 0 aliphatic carbocycles. The van der Waals surface area contributed by atoms with E-state index in [2.05, 4.69) is 4.89 Å². The largest absolute Gasteiger partial charge is 0.412 e. The van der Waals surface area contributed by atoms with Gasteiger partial charge in [0.15, 0.2) is 0 Å². The minimum absolute atomic E-state index is 0. The number of hydrogen-bond donors (Lipinski definition) is 2. The molecule has 0 aromatic heterocycles. The van der Waals surface area contributed by atoms with Crippen molar-refractivity contribution in [2.45, 2.75) is 0 Å². The van der Waals surface area contributed by atoms with Crippen LogP contribution in [0.3, 0.4) is 0 Å². The van der Waals surface area contributed by atoms with Crippen LogP contribution in [-0.2, 0) is 4.89 Å². The number of aliphatic hydroxyl groups is 1. The maximum Gasteiger partial charge on any atom is 0.105 e. The fourth-order valence-corrected chi connectivity index (χ4v) is 0.0408. The first-order valence-corrected chi connectivity index (χ1v) is 1.29. The third-order valence-corrected chi connectivity index (χ3v) is 0.183. The molecule has 0 aliphatic heterocycles. The van der Waals surface area contributed by atoms with E-state index in [0.29, 0.717) is 0 Å². The van der Waals surface area contributed by atoms with Gasteiger partial charge in [0.05, 0.1) is 6.61 Å². The molecule has 40 valence electrons. The summed E-state index contributed by atoms with van der Waals surface area (Å²) in [5.74, 6) is 0. The predicted octanol–water partition coefficient (Wildman–Crippen LogP) is -1.36. The molecule has 0 saturated carbocycles. The van der Waals surface area contributed by atoms with Crippen LogP contribution < -0.4 is 0 Å². The van der Waals surface area contributed by atoms with E-state index >= 15 is 0 Å². The van der Waals surface area contributed by atoms with Crippen molar-refractivity contribution in [2.75, 3.05) is 13.2 Å². The second kappa shape index (κ2) is 8.85. The van der Waals surface area contributed by atoms with Crippen molar-refractivity contribution >= 4 is 0 Å². The zero-order chi connectivity index (χ0) is 4.12. The SMILES string of the molecule is O.OCCOO. The van der Waals surface area contributed by atoms with Crippen LogP contribution >= 0.6 is 0 Å². The Hall–Kier alpha value is -0.160. The summed E-state index contributed by atoms with van der Waals surface area (Å²) < 4.78 is 0. The van der Waals surface area contributed by atoms with Gasteiger partial charge in [0.25, 0.3) is 0 Å². The Morgan fingerprint density at radius 3 is 2.00 bits per heavy atom. The molecule has 0 unspecified atom stereocenters. The second-order valence-electron chi connectivity index (χ2n) is 0.557. The highest BCUT2D eigenvalue weighted by Gasteiger charge is 1.69. The summed E-state index contributed by atoms with van der Waals surface area (Å²) in [6, 6.07) is 0. The van der Waals surface area contributed by atoms with Crippen LogP contribution in [0.5, 0.6) is 0 Å². The molecule has 0 rings (SSSR count). The molecule has 0 fully saturated rings. The van der Waals surface area contributed by atoms with Gasteiger partial charge in [0.1, 0.15) is 6.61 Å². The van der Waals surface area contributed by atoms with Crippen molar-refractivity contribution in [1.82, 2.24) is 0 Å². The van der Waals surface area contributed by atoms with E-state index in [1.807, 2.05) is 0 Å². The van der Waals surface area contributed by atoms with E-state index in [1.54, 1.807) is 0 Å². The predicted molar refractivity (Wildman–Crippen MR) is 19.3 cm³/mol. The third kappa shape index (κ3) is 9.15. The van der Waals surface area contributed by atoms with Gasteiger partial charge >= 0.3 is 0 Å². The van der Waals surface area contributed by atoms with Crippen LogP contribution in [0.25, 0.3) is 0 Å².